The molecule has 1 aromatic rings. The summed E-state index contributed by atoms with van der Waals surface area (Å²) in [5, 5.41) is 12.8. The maximum Gasteiger partial charge on any atom is 0.0837 e. The van der Waals surface area contributed by atoms with Crippen molar-refractivity contribution >= 4 is 0 Å². The van der Waals surface area contributed by atoms with Crippen molar-refractivity contribution in [1.82, 2.24) is 5.32 Å². The second-order valence-corrected chi connectivity index (χ2v) is 6.19. The molecule has 1 N–H and O–H groups in total. The highest BCUT2D eigenvalue weighted by molar-refractivity contribution is 5.25. The molecule has 19 heavy (non-hydrogen) atoms. The maximum absolute atomic E-state index is 9.29. The van der Waals surface area contributed by atoms with Gasteiger partial charge in [0.25, 0.3) is 0 Å². The van der Waals surface area contributed by atoms with Gasteiger partial charge in [-0.15, -0.1) is 0 Å². The van der Waals surface area contributed by atoms with Crippen LogP contribution < -0.4 is 5.32 Å². The molecule has 0 saturated heterocycles. The molecule has 100 valence electrons. The van der Waals surface area contributed by atoms with Gasteiger partial charge < -0.3 is 5.32 Å². The second kappa shape index (κ2) is 5.75. The van der Waals surface area contributed by atoms with E-state index in [4.69, 9.17) is 0 Å². The van der Waals surface area contributed by atoms with Gasteiger partial charge in [-0.2, -0.15) is 5.26 Å². The lowest BCUT2D eigenvalue weighted by atomic mass is 9.88. The van der Waals surface area contributed by atoms with E-state index < -0.39 is 0 Å². The molecule has 0 aliphatic heterocycles. The van der Waals surface area contributed by atoms with Crippen LogP contribution in [0.2, 0.25) is 0 Å². The van der Waals surface area contributed by atoms with Crippen molar-refractivity contribution in [1.29, 1.82) is 5.26 Å². The third-order valence-electron chi connectivity index (χ3n) is 5.00. The minimum atomic E-state index is -0.0141. The fourth-order valence-electron chi connectivity index (χ4n) is 3.96. The van der Waals surface area contributed by atoms with Gasteiger partial charge in [0.1, 0.15) is 0 Å². The number of fused-ring (bicyclic) bond motifs is 2. The molecule has 3 rings (SSSR count). The van der Waals surface area contributed by atoms with Crippen LogP contribution in [0.3, 0.4) is 0 Å². The molecule has 2 fully saturated rings. The lowest BCUT2D eigenvalue weighted by molar-refractivity contribution is 0.318. The Morgan fingerprint density at radius 1 is 1.21 bits per heavy atom. The average Bonchev–Trinajstić information content (AvgIpc) is 3.07. The summed E-state index contributed by atoms with van der Waals surface area (Å²) in [6.45, 7) is 1.89. The van der Waals surface area contributed by atoms with Gasteiger partial charge in [-0.05, 0) is 49.1 Å². The van der Waals surface area contributed by atoms with E-state index in [2.05, 4.69) is 11.4 Å². The van der Waals surface area contributed by atoms with Crippen molar-refractivity contribution in [3.63, 3.8) is 0 Å². The highest BCUT2D eigenvalue weighted by Crippen LogP contribution is 2.47. The van der Waals surface area contributed by atoms with Gasteiger partial charge in [0.05, 0.1) is 12.0 Å². The molecule has 2 bridgehead atoms. The first-order valence-electron chi connectivity index (χ1n) is 7.52. The summed E-state index contributed by atoms with van der Waals surface area (Å²) in [6.07, 6.45) is 5.79. The van der Waals surface area contributed by atoms with E-state index in [-0.39, 0.29) is 5.92 Å². The molecule has 0 radical (unpaired) electrons. The third-order valence-corrected chi connectivity index (χ3v) is 5.00. The summed E-state index contributed by atoms with van der Waals surface area (Å²) >= 11 is 0. The van der Waals surface area contributed by atoms with Crippen LogP contribution in [0, 0.1) is 29.1 Å². The van der Waals surface area contributed by atoms with Crippen molar-refractivity contribution in [3.05, 3.63) is 35.9 Å². The smallest absolute Gasteiger partial charge is 0.0837 e. The fraction of sp³-hybridized carbons (Fsp3) is 0.588. The maximum atomic E-state index is 9.29. The van der Waals surface area contributed by atoms with Gasteiger partial charge in [-0.3, -0.25) is 0 Å². The average molecular weight is 254 g/mol. The molecule has 4 unspecified atom stereocenters. The zero-order valence-electron chi connectivity index (χ0n) is 11.4. The van der Waals surface area contributed by atoms with E-state index in [0.29, 0.717) is 0 Å². The van der Waals surface area contributed by atoms with Crippen LogP contribution in [0.1, 0.15) is 37.2 Å². The Hall–Kier alpha value is -1.33. The molecule has 1 aromatic carbocycles. The molecule has 4 atom stereocenters. The van der Waals surface area contributed by atoms with E-state index in [1.165, 1.54) is 25.7 Å². The van der Waals surface area contributed by atoms with E-state index in [9.17, 15) is 5.26 Å². The van der Waals surface area contributed by atoms with E-state index in [0.717, 1.165) is 36.4 Å². The van der Waals surface area contributed by atoms with Gasteiger partial charge in [-0.25, -0.2) is 0 Å². The first kappa shape index (κ1) is 12.7. The van der Waals surface area contributed by atoms with Crippen LogP contribution in [0.25, 0.3) is 0 Å². The molecule has 2 aliphatic carbocycles. The van der Waals surface area contributed by atoms with Crippen molar-refractivity contribution < 1.29 is 0 Å². The van der Waals surface area contributed by atoms with E-state index in [1.807, 2.05) is 30.3 Å². The Bertz CT molecular complexity index is 448. The highest BCUT2D eigenvalue weighted by atomic mass is 14.9. The molecule has 2 nitrogen and oxygen atoms in total. The second-order valence-electron chi connectivity index (χ2n) is 6.19. The number of nitrogens with zero attached hydrogens (tertiary/aromatic N) is 1. The number of hydrogen-bond donors (Lipinski definition) is 1. The Balaban J connectivity index is 1.48. The number of benzene rings is 1. The molecule has 2 heteroatoms. The summed E-state index contributed by atoms with van der Waals surface area (Å²) in [5.74, 6) is 2.83. The highest BCUT2D eigenvalue weighted by Gasteiger charge is 2.38. The van der Waals surface area contributed by atoms with Crippen molar-refractivity contribution in [2.45, 2.75) is 31.6 Å². The van der Waals surface area contributed by atoms with Crippen molar-refractivity contribution in [3.8, 4) is 6.07 Å². The normalized spacial score (nSPS) is 30.2. The van der Waals surface area contributed by atoms with Crippen LogP contribution in [0.4, 0.5) is 0 Å². The van der Waals surface area contributed by atoms with Crippen LogP contribution in [0.15, 0.2) is 30.3 Å². The van der Waals surface area contributed by atoms with Crippen molar-refractivity contribution in [2.24, 2.45) is 17.8 Å². The molecule has 0 aromatic heterocycles. The predicted molar refractivity (Wildman–Crippen MR) is 76.6 cm³/mol. The molecule has 0 amide bonds. The Labute approximate surface area is 115 Å². The molecule has 0 heterocycles. The van der Waals surface area contributed by atoms with E-state index in [1.54, 1.807) is 0 Å². The van der Waals surface area contributed by atoms with Crippen LogP contribution in [-0.4, -0.2) is 13.1 Å². The Morgan fingerprint density at radius 3 is 2.68 bits per heavy atom. The molecular formula is C17H22N2. The summed E-state index contributed by atoms with van der Waals surface area (Å²) < 4.78 is 0. The number of nitriles is 1. The van der Waals surface area contributed by atoms with Gasteiger partial charge in [-0.1, -0.05) is 36.8 Å². The minimum absolute atomic E-state index is 0.0141. The fourth-order valence-corrected chi connectivity index (χ4v) is 3.96. The molecular weight excluding hydrogens is 232 g/mol. The van der Waals surface area contributed by atoms with Gasteiger partial charge >= 0.3 is 0 Å². The number of hydrogen-bond acceptors (Lipinski definition) is 2. The van der Waals surface area contributed by atoms with Crippen LogP contribution in [-0.2, 0) is 0 Å². The SMILES string of the molecule is N#CC(CNCC1CC2CCC1C2)c1ccccc1. The standard InChI is InChI=1S/C17H22N2/c18-10-17(14-4-2-1-3-5-14)12-19-11-16-9-13-6-7-15(16)8-13/h1-5,13,15-17,19H,6-9,11-12H2. The van der Waals surface area contributed by atoms with Crippen LogP contribution >= 0.6 is 0 Å². The van der Waals surface area contributed by atoms with Gasteiger partial charge in [0, 0.05) is 6.54 Å². The van der Waals surface area contributed by atoms with Gasteiger partial charge in [0.2, 0.25) is 0 Å². The topological polar surface area (TPSA) is 35.8 Å². The summed E-state index contributed by atoms with van der Waals surface area (Å²) in [5.41, 5.74) is 1.13. The van der Waals surface area contributed by atoms with Crippen LogP contribution in [0.5, 0.6) is 0 Å². The number of nitrogens with one attached hydrogen (secondary N) is 1. The lowest BCUT2D eigenvalue weighted by Gasteiger charge is -2.22. The van der Waals surface area contributed by atoms with E-state index >= 15 is 0 Å². The van der Waals surface area contributed by atoms with Crippen molar-refractivity contribution in [2.75, 3.05) is 13.1 Å². The Kier molecular flexibility index (Phi) is 3.84. The summed E-state index contributed by atoms with van der Waals surface area (Å²) in [6, 6.07) is 12.5. The first-order chi connectivity index (χ1) is 9.36. The minimum Gasteiger partial charge on any atom is -0.315 e. The summed E-state index contributed by atoms with van der Waals surface area (Å²) in [7, 11) is 0. The Morgan fingerprint density at radius 2 is 2.05 bits per heavy atom. The summed E-state index contributed by atoms with van der Waals surface area (Å²) in [4.78, 5) is 0. The van der Waals surface area contributed by atoms with Gasteiger partial charge in [0.15, 0.2) is 0 Å². The zero-order chi connectivity index (χ0) is 13.1. The quantitative estimate of drug-likeness (QED) is 0.875. The number of rotatable bonds is 5. The monoisotopic (exact) mass is 254 g/mol. The molecule has 0 spiro atoms. The predicted octanol–water partition coefficient (Wildman–Crippen LogP) is 3.32. The largest absolute Gasteiger partial charge is 0.315 e. The first-order valence-corrected chi connectivity index (χ1v) is 7.52. The lowest BCUT2D eigenvalue weighted by Crippen LogP contribution is -2.29. The zero-order valence-corrected chi connectivity index (χ0v) is 11.4. The third kappa shape index (κ3) is 2.82. The molecule has 2 aliphatic rings. The molecule has 2 saturated carbocycles.